The molecule has 0 saturated carbocycles. The third-order valence-corrected chi connectivity index (χ3v) is 5.77. The van der Waals surface area contributed by atoms with Crippen LogP contribution in [0.1, 0.15) is 0 Å². The van der Waals surface area contributed by atoms with Crippen molar-refractivity contribution in [3.05, 3.63) is 60.9 Å². The number of hydrogen-bond acceptors (Lipinski definition) is 4. The number of amides is 1. The number of anilines is 1. The number of hydrogen-bond donors (Lipinski definition) is 0. The molecule has 142 valence electrons. The number of halogens is 1. The fourth-order valence-corrected chi connectivity index (χ4v) is 3.78. The second-order valence-corrected chi connectivity index (χ2v) is 8.50. The highest BCUT2D eigenvalue weighted by atomic mass is 32.2. The summed E-state index contributed by atoms with van der Waals surface area (Å²) < 4.78 is 37.7. The lowest BCUT2D eigenvalue weighted by Gasteiger charge is -2.35. The molecule has 0 atom stereocenters. The monoisotopic (exact) mass is 388 g/mol. The zero-order valence-electron chi connectivity index (χ0n) is 15.1. The lowest BCUT2D eigenvalue weighted by atomic mass is 10.0. The smallest absolute Gasteiger partial charge is 0.246 e. The normalized spacial score (nSPS) is 14.9. The summed E-state index contributed by atoms with van der Waals surface area (Å²) in [5, 5.41) is 0. The molecule has 0 spiro atoms. The summed E-state index contributed by atoms with van der Waals surface area (Å²) in [5.41, 5.74) is 1.96. The fraction of sp³-hybridized carbons (Fsp3) is 0.250. The Labute approximate surface area is 158 Å². The van der Waals surface area contributed by atoms with Crippen LogP contribution >= 0.6 is 0 Å². The minimum atomic E-state index is -3.45. The lowest BCUT2D eigenvalue weighted by Crippen LogP contribution is -2.48. The third-order valence-electron chi connectivity index (χ3n) is 4.66. The Morgan fingerprint density at radius 3 is 2.41 bits per heavy atom. The number of benzene rings is 2. The van der Waals surface area contributed by atoms with Crippen molar-refractivity contribution in [3.63, 3.8) is 0 Å². The molecule has 0 unspecified atom stereocenters. The van der Waals surface area contributed by atoms with Gasteiger partial charge in [0.05, 0.1) is 4.90 Å². The molecule has 1 amide bonds. The summed E-state index contributed by atoms with van der Waals surface area (Å²) in [6.07, 6.45) is 2.37. The van der Waals surface area contributed by atoms with E-state index in [1.54, 1.807) is 11.0 Å². The van der Waals surface area contributed by atoms with E-state index in [0.717, 1.165) is 18.0 Å². The molecule has 0 aromatic heterocycles. The highest BCUT2D eigenvalue weighted by Gasteiger charge is 2.20. The predicted molar refractivity (Wildman–Crippen MR) is 104 cm³/mol. The number of carbonyl (C=O) groups excluding carboxylic acids is 1. The van der Waals surface area contributed by atoms with Crippen molar-refractivity contribution in [3.8, 4) is 11.1 Å². The molecule has 0 bridgehead atoms. The molecule has 5 nitrogen and oxygen atoms in total. The van der Waals surface area contributed by atoms with E-state index in [-0.39, 0.29) is 10.8 Å². The van der Waals surface area contributed by atoms with E-state index in [1.165, 1.54) is 18.2 Å². The molecule has 2 aromatic carbocycles. The van der Waals surface area contributed by atoms with Crippen molar-refractivity contribution in [2.24, 2.45) is 0 Å². The topological polar surface area (TPSA) is 57.7 Å². The largest absolute Gasteiger partial charge is 0.368 e. The summed E-state index contributed by atoms with van der Waals surface area (Å²) in [7, 11) is -3.45. The molecule has 0 radical (unpaired) electrons. The quantitative estimate of drug-likeness (QED) is 0.756. The Hall–Kier alpha value is -2.67. The SMILES string of the molecule is C=CC(=O)N1CCN(c2cccc(-c3ccc(S(C)(=O)=O)cc3F)c2)CC1. The molecule has 1 heterocycles. The van der Waals surface area contributed by atoms with Crippen LogP contribution in [0.5, 0.6) is 0 Å². The first-order valence-electron chi connectivity index (χ1n) is 8.56. The molecular formula is C20H21FN2O3S. The molecule has 27 heavy (non-hydrogen) atoms. The summed E-state index contributed by atoms with van der Waals surface area (Å²) in [6, 6.07) is 11.4. The van der Waals surface area contributed by atoms with Crippen LogP contribution < -0.4 is 4.90 Å². The molecule has 1 aliphatic rings. The van der Waals surface area contributed by atoms with Crippen LogP contribution in [0.2, 0.25) is 0 Å². The van der Waals surface area contributed by atoms with Gasteiger partial charge < -0.3 is 9.80 Å². The molecule has 1 aliphatic heterocycles. The van der Waals surface area contributed by atoms with Gasteiger partial charge in [-0.1, -0.05) is 24.8 Å². The van der Waals surface area contributed by atoms with Gasteiger partial charge in [0.1, 0.15) is 5.82 Å². The Morgan fingerprint density at radius 2 is 1.81 bits per heavy atom. The van der Waals surface area contributed by atoms with Crippen LogP contribution in [0.25, 0.3) is 11.1 Å². The van der Waals surface area contributed by atoms with Crippen molar-refractivity contribution in [1.82, 2.24) is 4.90 Å². The molecular weight excluding hydrogens is 367 g/mol. The van der Waals surface area contributed by atoms with Crippen LogP contribution in [0.15, 0.2) is 60.0 Å². The van der Waals surface area contributed by atoms with E-state index in [0.29, 0.717) is 37.3 Å². The van der Waals surface area contributed by atoms with Gasteiger partial charge in [0.25, 0.3) is 0 Å². The third kappa shape index (κ3) is 4.19. The number of piperazine rings is 1. The Bertz CT molecular complexity index is 980. The van der Waals surface area contributed by atoms with Gasteiger partial charge in [0, 0.05) is 43.7 Å². The molecule has 0 aliphatic carbocycles. The van der Waals surface area contributed by atoms with E-state index >= 15 is 0 Å². The van der Waals surface area contributed by atoms with Crippen molar-refractivity contribution in [2.45, 2.75) is 4.90 Å². The number of nitrogens with zero attached hydrogens (tertiary/aromatic N) is 2. The maximum atomic E-state index is 14.5. The summed E-state index contributed by atoms with van der Waals surface area (Å²) in [5.74, 6) is -0.645. The molecule has 1 fully saturated rings. The molecule has 3 rings (SSSR count). The van der Waals surface area contributed by atoms with Crippen molar-refractivity contribution in [2.75, 3.05) is 37.3 Å². The number of rotatable bonds is 4. The molecule has 7 heteroatoms. The van der Waals surface area contributed by atoms with Gasteiger partial charge in [-0.05, 0) is 35.9 Å². The average molecular weight is 388 g/mol. The maximum absolute atomic E-state index is 14.5. The van der Waals surface area contributed by atoms with E-state index in [9.17, 15) is 17.6 Å². The summed E-state index contributed by atoms with van der Waals surface area (Å²) in [4.78, 5) is 15.5. The minimum Gasteiger partial charge on any atom is -0.368 e. The fourth-order valence-electron chi connectivity index (χ4n) is 3.14. The van der Waals surface area contributed by atoms with E-state index in [4.69, 9.17) is 0 Å². The standard InChI is InChI=1S/C20H21FN2O3S/c1-3-20(24)23-11-9-22(10-12-23)16-6-4-5-15(13-16)18-8-7-17(14-19(18)21)27(2,25)26/h3-8,13-14H,1,9-12H2,2H3. The molecule has 0 N–H and O–H groups in total. The maximum Gasteiger partial charge on any atom is 0.246 e. The van der Waals surface area contributed by atoms with Gasteiger partial charge in [-0.2, -0.15) is 0 Å². The van der Waals surface area contributed by atoms with E-state index < -0.39 is 15.7 Å². The zero-order chi connectivity index (χ0) is 19.6. The highest BCUT2D eigenvalue weighted by Crippen LogP contribution is 2.29. The van der Waals surface area contributed by atoms with Crippen LogP contribution in [0, 0.1) is 5.82 Å². The van der Waals surface area contributed by atoms with E-state index in [1.807, 2.05) is 18.2 Å². The second-order valence-electron chi connectivity index (χ2n) is 6.48. The first kappa shape index (κ1) is 19.1. The second kappa shape index (κ2) is 7.52. The predicted octanol–water partition coefficient (Wildman–Crippen LogP) is 2.73. The number of carbonyl (C=O) groups is 1. The van der Waals surface area contributed by atoms with Gasteiger partial charge >= 0.3 is 0 Å². The summed E-state index contributed by atoms with van der Waals surface area (Å²) >= 11 is 0. The first-order chi connectivity index (χ1) is 12.8. The van der Waals surface area contributed by atoms with Gasteiger partial charge in [-0.15, -0.1) is 0 Å². The lowest BCUT2D eigenvalue weighted by molar-refractivity contribution is -0.126. The van der Waals surface area contributed by atoms with Gasteiger partial charge in [0.15, 0.2) is 9.84 Å². The highest BCUT2D eigenvalue weighted by molar-refractivity contribution is 7.90. The van der Waals surface area contributed by atoms with Crippen molar-refractivity contribution >= 4 is 21.4 Å². The number of sulfone groups is 1. The van der Waals surface area contributed by atoms with Gasteiger partial charge in [0.2, 0.25) is 5.91 Å². The van der Waals surface area contributed by atoms with Gasteiger partial charge in [-0.3, -0.25) is 4.79 Å². The van der Waals surface area contributed by atoms with Crippen LogP contribution in [0.3, 0.4) is 0 Å². The van der Waals surface area contributed by atoms with Gasteiger partial charge in [-0.25, -0.2) is 12.8 Å². The molecule has 2 aromatic rings. The Kier molecular flexibility index (Phi) is 5.32. The zero-order valence-corrected chi connectivity index (χ0v) is 15.9. The van der Waals surface area contributed by atoms with Crippen molar-refractivity contribution in [1.29, 1.82) is 0 Å². The first-order valence-corrected chi connectivity index (χ1v) is 10.4. The van der Waals surface area contributed by atoms with E-state index in [2.05, 4.69) is 11.5 Å². The Morgan fingerprint density at radius 1 is 1.11 bits per heavy atom. The van der Waals surface area contributed by atoms with Crippen molar-refractivity contribution < 1.29 is 17.6 Å². The average Bonchev–Trinajstić information content (AvgIpc) is 2.67. The summed E-state index contributed by atoms with van der Waals surface area (Å²) in [6.45, 7) is 6.08. The Balaban J connectivity index is 1.83. The van der Waals surface area contributed by atoms with Crippen LogP contribution in [-0.2, 0) is 14.6 Å². The van der Waals surface area contributed by atoms with Crippen LogP contribution in [-0.4, -0.2) is 51.7 Å². The van der Waals surface area contributed by atoms with Crippen LogP contribution in [0.4, 0.5) is 10.1 Å². The molecule has 1 saturated heterocycles. The minimum absolute atomic E-state index is 0.0390.